The molecule has 1 aromatic rings. The fourth-order valence-corrected chi connectivity index (χ4v) is 3.14. The molecule has 18 heavy (non-hydrogen) atoms. The summed E-state index contributed by atoms with van der Waals surface area (Å²) >= 11 is 0. The van der Waals surface area contributed by atoms with Gasteiger partial charge in [0, 0.05) is 7.05 Å². The van der Waals surface area contributed by atoms with E-state index in [1.54, 1.807) is 19.9 Å². The predicted molar refractivity (Wildman–Crippen MR) is 66.1 cm³/mol. The van der Waals surface area contributed by atoms with Gasteiger partial charge < -0.3 is 5.73 Å². The van der Waals surface area contributed by atoms with Crippen LogP contribution in [-0.2, 0) is 10.0 Å². The van der Waals surface area contributed by atoms with Gasteiger partial charge in [-0.3, -0.25) is 0 Å². The van der Waals surface area contributed by atoms with Gasteiger partial charge in [-0.15, -0.1) is 0 Å². The summed E-state index contributed by atoms with van der Waals surface area (Å²) in [4.78, 5) is -0.0920. The zero-order valence-electron chi connectivity index (χ0n) is 10.4. The van der Waals surface area contributed by atoms with Crippen molar-refractivity contribution in [3.8, 4) is 0 Å². The lowest BCUT2D eigenvalue weighted by molar-refractivity contribution is 0.126. The van der Waals surface area contributed by atoms with Gasteiger partial charge in [0.1, 0.15) is 4.90 Å². The lowest BCUT2D eigenvalue weighted by Crippen LogP contribution is -2.32. The van der Waals surface area contributed by atoms with Gasteiger partial charge in [0.25, 0.3) is 6.43 Å². The van der Waals surface area contributed by atoms with Gasteiger partial charge in [0.2, 0.25) is 10.0 Å². The summed E-state index contributed by atoms with van der Waals surface area (Å²) < 4.78 is 49.5. The van der Waals surface area contributed by atoms with Crippen LogP contribution in [0.5, 0.6) is 0 Å². The second-order valence-corrected chi connectivity index (χ2v) is 6.08. The van der Waals surface area contributed by atoms with Crippen LogP contribution in [0.25, 0.3) is 0 Å². The molecule has 0 aromatic heterocycles. The smallest absolute Gasteiger partial charge is 0.252 e. The van der Waals surface area contributed by atoms with Crippen LogP contribution >= 0.6 is 0 Å². The Labute approximate surface area is 105 Å². The van der Waals surface area contributed by atoms with Gasteiger partial charge in [0.15, 0.2) is 0 Å². The number of alkyl halides is 2. The molecule has 0 aliphatic heterocycles. The van der Waals surface area contributed by atoms with Crippen molar-refractivity contribution in [1.29, 1.82) is 0 Å². The average molecular weight is 278 g/mol. The molecule has 0 radical (unpaired) electrons. The number of halogens is 2. The number of nitrogens with zero attached hydrogens (tertiary/aromatic N) is 1. The van der Waals surface area contributed by atoms with Crippen LogP contribution in [0.2, 0.25) is 0 Å². The molecule has 0 saturated carbocycles. The number of benzene rings is 1. The summed E-state index contributed by atoms with van der Waals surface area (Å²) in [7, 11) is -2.88. The zero-order chi connectivity index (χ0) is 14.1. The highest BCUT2D eigenvalue weighted by atomic mass is 32.2. The summed E-state index contributed by atoms with van der Waals surface area (Å²) in [5.74, 6) is 0. The van der Waals surface area contributed by atoms with Gasteiger partial charge in [-0.25, -0.2) is 17.2 Å². The first-order valence-electron chi connectivity index (χ1n) is 5.28. The molecule has 102 valence electrons. The number of hydrogen-bond acceptors (Lipinski definition) is 3. The standard InChI is InChI=1S/C11H16F2N2O2S/c1-7-4-5-9(14)11(8(7)2)18(16,17)15(3)6-10(12)13/h4-5,10H,6,14H2,1-3H3. The van der Waals surface area contributed by atoms with E-state index >= 15 is 0 Å². The van der Waals surface area contributed by atoms with E-state index in [-0.39, 0.29) is 10.6 Å². The van der Waals surface area contributed by atoms with Crippen molar-refractivity contribution in [2.24, 2.45) is 0 Å². The number of aryl methyl sites for hydroxylation is 1. The van der Waals surface area contributed by atoms with Crippen LogP contribution in [0.1, 0.15) is 11.1 Å². The fourth-order valence-electron chi connectivity index (χ4n) is 1.60. The Morgan fingerprint density at radius 2 is 1.89 bits per heavy atom. The summed E-state index contributed by atoms with van der Waals surface area (Å²) in [6.07, 6.45) is -2.73. The van der Waals surface area contributed by atoms with Crippen molar-refractivity contribution in [2.45, 2.75) is 25.2 Å². The highest BCUT2D eigenvalue weighted by Crippen LogP contribution is 2.27. The Balaban J connectivity index is 3.33. The van der Waals surface area contributed by atoms with Crippen molar-refractivity contribution >= 4 is 15.7 Å². The van der Waals surface area contributed by atoms with Crippen molar-refractivity contribution in [3.63, 3.8) is 0 Å². The Morgan fingerprint density at radius 3 is 2.39 bits per heavy atom. The molecule has 7 heteroatoms. The number of nitrogens with two attached hydrogens (primary N) is 1. The van der Waals surface area contributed by atoms with Crippen molar-refractivity contribution in [1.82, 2.24) is 4.31 Å². The molecule has 0 spiro atoms. The first kappa shape index (κ1) is 14.8. The molecule has 0 unspecified atom stereocenters. The minimum absolute atomic E-state index is 0.0687. The molecule has 0 fully saturated rings. The molecule has 0 atom stereocenters. The summed E-state index contributed by atoms with van der Waals surface area (Å²) in [5.41, 5.74) is 6.95. The number of rotatable bonds is 4. The molecule has 1 aromatic carbocycles. The van der Waals surface area contributed by atoms with E-state index < -0.39 is 23.0 Å². The highest BCUT2D eigenvalue weighted by Gasteiger charge is 2.27. The summed E-state index contributed by atoms with van der Waals surface area (Å²) in [5, 5.41) is 0. The molecule has 4 nitrogen and oxygen atoms in total. The Kier molecular flexibility index (Phi) is 4.28. The average Bonchev–Trinajstić information content (AvgIpc) is 2.22. The van der Waals surface area contributed by atoms with Gasteiger partial charge in [-0.1, -0.05) is 6.07 Å². The Bertz CT molecular complexity index is 544. The Hall–Kier alpha value is -1.21. The third-order valence-electron chi connectivity index (χ3n) is 2.77. The maximum absolute atomic E-state index is 12.3. The molecular weight excluding hydrogens is 262 g/mol. The van der Waals surface area contributed by atoms with E-state index in [4.69, 9.17) is 5.73 Å². The van der Waals surface area contributed by atoms with Gasteiger partial charge in [0.05, 0.1) is 12.2 Å². The summed E-state index contributed by atoms with van der Waals surface area (Å²) in [6, 6.07) is 3.15. The molecule has 1 rings (SSSR count). The normalized spacial score (nSPS) is 12.4. The molecular formula is C11H16F2N2O2S. The molecule has 0 bridgehead atoms. The van der Waals surface area contributed by atoms with Crippen molar-refractivity contribution in [2.75, 3.05) is 19.3 Å². The van der Waals surface area contributed by atoms with Gasteiger partial charge >= 0.3 is 0 Å². The lowest BCUT2D eigenvalue weighted by Gasteiger charge is -2.20. The van der Waals surface area contributed by atoms with Crippen LogP contribution in [0.15, 0.2) is 17.0 Å². The first-order chi connectivity index (χ1) is 8.17. The molecule has 0 amide bonds. The SMILES string of the molecule is Cc1ccc(N)c(S(=O)(=O)N(C)CC(F)F)c1C. The Morgan fingerprint density at radius 1 is 1.33 bits per heavy atom. The quantitative estimate of drug-likeness (QED) is 0.854. The van der Waals surface area contributed by atoms with Crippen LogP contribution in [0, 0.1) is 13.8 Å². The number of nitrogen functional groups attached to an aromatic ring is 1. The number of anilines is 1. The van der Waals surface area contributed by atoms with Crippen LogP contribution in [0.4, 0.5) is 14.5 Å². The molecule has 0 aliphatic rings. The lowest BCUT2D eigenvalue weighted by atomic mass is 10.1. The fraction of sp³-hybridized carbons (Fsp3) is 0.455. The molecule has 0 heterocycles. The van der Waals surface area contributed by atoms with E-state index in [9.17, 15) is 17.2 Å². The van der Waals surface area contributed by atoms with Crippen LogP contribution in [0.3, 0.4) is 0 Å². The van der Waals surface area contributed by atoms with E-state index in [0.717, 1.165) is 12.6 Å². The highest BCUT2D eigenvalue weighted by molar-refractivity contribution is 7.89. The number of sulfonamides is 1. The predicted octanol–water partition coefficient (Wildman–Crippen LogP) is 1.77. The number of hydrogen-bond donors (Lipinski definition) is 1. The minimum atomic E-state index is -3.99. The monoisotopic (exact) mass is 278 g/mol. The molecule has 0 saturated heterocycles. The second-order valence-electron chi connectivity index (χ2n) is 4.10. The zero-order valence-corrected chi connectivity index (χ0v) is 11.3. The van der Waals surface area contributed by atoms with E-state index in [0.29, 0.717) is 9.87 Å². The van der Waals surface area contributed by atoms with E-state index in [1.807, 2.05) is 0 Å². The molecule has 0 aliphatic carbocycles. The third kappa shape index (κ3) is 2.78. The summed E-state index contributed by atoms with van der Waals surface area (Å²) in [6.45, 7) is 2.49. The van der Waals surface area contributed by atoms with Crippen molar-refractivity contribution < 1.29 is 17.2 Å². The molecule has 2 N–H and O–H groups in total. The second kappa shape index (κ2) is 5.19. The first-order valence-corrected chi connectivity index (χ1v) is 6.72. The third-order valence-corrected chi connectivity index (χ3v) is 4.80. The maximum Gasteiger partial charge on any atom is 0.252 e. The van der Waals surface area contributed by atoms with Gasteiger partial charge in [-0.2, -0.15) is 4.31 Å². The maximum atomic E-state index is 12.3. The van der Waals surface area contributed by atoms with Crippen LogP contribution < -0.4 is 5.73 Å². The van der Waals surface area contributed by atoms with Crippen molar-refractivity contribution in [3.05, 3.63) is 23.3 Å². The van der Waals surface area contributed by atoms with E-state index in [1.165, 1.54) is 6.07 Å². The van der Waals surface area contributed by atoms with E-state index in [2.05, 4.69) is 0 Å². The minimum Gasteiger partial charge on any atom is -0.398 e. The van der Waals surface area contributed by atoms with Gasteiger partial charge in [-0.05, 0) is 31.0 Å². The van der Waals surface area contributed by atoms with Crippen LogP contribution in [-0.4, -0.2) is 32.7 Å². The largest absolute Gasteiger partial charge is 0.398 e. The topological polar surface area (TPSA) is 63.4 Å².